The van der Waals surface area contributed by atoms with E-state index in [0.717, 1.165) is 0 Å². The van der Waals surface area contributed by atoms with Crippen LogP contribution in [0.3, 0.4) is 0 Å². The molecular formula is C6H18NP3. The fraction of sp³-hybridized carbons (Fsp3) is 1.00. The number of rotatable bonds is 6. The summed E-state index contributed by atoms with van der Waals surface area (Å²) < 4.78 is 0. The number of nitrogens with zero attached hydrogens (tertiary/aromatic N) is 1. The molecular weight excluding hydrogens is 179 g/mol. The molecule has 0 amide bonds. The Kier molecular flexibility index (Phi) is 9.39. The smallest absolute Gasteiger partial charge is 0.00162 e. The Labute approximate surface area is 71.3 Å². The second-order valence-electron chi connectivity index (χ2n) is 2.21. The van der Waals surface area contributed by atoms with Crippen LogP contribution in [0.5, 0.6) is 0 Å². The summed E-state index contributed by atoms with van der Waals surface area (Å²) in [5.74, 6) is 0. The molecule has 0 bridgehead atoms. The average molecular weight is 197 g/mol. The molecule has 0 rings (SSSR count). The van der Waals surface area contributed by atoms with Gasteiger partial charge >= 0.3 is 0 Å². The molecule has 0 spiro atoms. The van der Waals surface area contributed by atoms with Crippen LogP contribution in [0.2, 0.25) is 0 Å². The van der Waals surface area contributed by atoms with E-state index in [4.69, 9.17) is 0 Å². The zero-order valence-electron chi connectivity index (χ0n) is 6.42. The van der Waals surface area contributed by atoms with Gasteiger partial charge in [-0.15, -0.1) is 27.7 Å². The summed E-state index contributed by atoms with van der Waals surface area (Å²) in [5.41, 5.74) is 0. The lowest BCUT2D eigenvalue weighted by Gasteiger charge is -2.19. The minimum absolute atomic E-state index is 1.19. The predicted molar refractivity (Wildman–Crippen MR) is 60.2 cm³/mol. The zero-order chi connectivity index (χ0) is 7.82. The summed E-state index contributed by atoms with van der Waals surface area (Å²) in [5, 5.41) is 0. The highest BCUT2D eigenvalue weighted by molar-refractivity contribution is 7.16. The first-order chi connectivity index (χ1) is 4.85. The molecule has 0 heterocycles. The highest BCUT2D eigenvalue weighted by atomic mass is 31.0. The van der Waals surface area contributed by atoms with Gasteiger partial charge in [0.05, 0.1) is 0 Å². The van der Waals surface area contributed by atoms with Crippen molar-refractivity contribution in [1.29, 1.82) is 0 Å². The van der Waals surface area contributed by atoms with Crippen molar-refractivity contribution in [3.8, 4) is 0 Å². The Hall–Kier alpha value is 1.25. The first kappa shape index (κ1) is 11.2. The van der Waals surface area contributed by atoms with Gasteiger partial charge in [0, 0.05) is 19.6 Å². The average Bonchev–Trinajstić information content (AvgIpc) is 1.90. The summed E-state index contributed by atoms with van der Waals surface area (Å²) in [6, 6.07) is 0. The van der Waals surface area contributed by atoms with Gasteiger partial charge in [-0.3, -0.25) is 0 Å². The SMILES string of the molecule is PCCN(CCP)CCP. The Morgan fingerprint density at radius 2 is 1.00 bits per heavy atom. The van der Waals surface area contributed by atoms with Gasteiger partial charge in [0.15, 0.2) is 0 Å². The zero-order valence-corrected chi connectivity index (χ0v) is 9.89. The minimum atomic E-state index is 1.19. The quantitative estimate of drug-likeness (QED) is 0.572. The lowest BCUT2D eigenvalue weighted by atomic mass is 10.5. The highest BCUT2D eigenvalue weighted by Crippen LogP contribution is 1.95. The van der Waals surface area contributed by atoms with E-state index < -0.39 is 0 Å². The predicted octanol–water partition coefficient (Wildman–Crippen LogP) is 0.914. The molecule has 0 N–H and O–H groups in total. The molecule has 3 atom stereocenters. The van der Waals surface area contributed by atoms with Crippen LogP contribution in [0.15, 0.2) is 0 Å². The van der Waals surface area contributed by atoms with Crippen molar-refractivity contribution >= 4 is 27.7 Å². The maximum absolute atomic E-state index is 2.77. The fourth-order valence-electron chi connectivity index (χ4n) is 0.883. The van der Waals surface area contributed by atoms with E-state index in [-0.39, 0.29) is 0 Å². The largest absolute Gasteiger partial charge is 0.302 e. The third-order valence-electron chi connectivity index (χ3n) is 1.34. The van der Waals surface area contributed by atoms with Crippen LogP contribution in [0.1, 0.15) is 0 Å². The Balaban J connectivity index is 3.30. The van der Waals surface area contributed by atoms with Crippen LogP contribution in [0.25, 0.3) is 0 Å². The molecule has 10 heavy (non-hydrogen) atoms. The van der Waals surface area contributed by atoms with Crippen molar-refractivity contribution in [2.24, 2.45) is 0 Å². The van der Waals surface area contributed by atoms with Gasteiger partial charge in [-0.25, -0.2) is 0 Å². The van der Waals surface area contributed by atoms with Crippen LogP contribution >= 0.6 is 27.7 Å². The monoisotopic (exact) mass is 197 g/mol. The van der Waals surface area contributed by atoms with Crippen molar-refractivity contribution in [2.45, 2.75) is 0 Å². The summed E-state index contributed by atoms with van der Waals surface area (Å²) >= 11 is 0. The molecule has 0 fully saturated rings. The lowest BCUT2D eigenvalue weighted by molar-refractivity contribution is 0.329. The van der Waals surface area contributed by atoms with E-state index >= 15 is 0 Å². The van der Waals surface area contributed by atoms with Gasteiger partial charge in [0.25, 0.3) is 0 Å². The molecule has 0 radical (unpaired) electrons. The van der Waals surface area contributed by atoms with Gasteiger partial charge in [0.1, 0.15) is 0 Å². The van der Waals surface area contributed by atoms with Crippen molar-refractivity contribution in [2.75, 3.05) is 38.1 Å². The summed E-state index contributed by atoms with van der Waals surface area (Å²) in [7, 11) is 8.30. The third-order valence-corrected chi connectivity index (χ3v) is 2.11. The molecule has 1 nitrogen and oxygen atoms in total. The van der Waals surface area contributed by atoms with Crippen molar-refractivity contribution in [1.82, 2.24) is 4.90 Å². The Morgan fingerprint density at radius 1 is 0.700 bits per heavy atom. The normalized spacial score (nSPS) is 10.8. The molecule has 0 aromatic heterocycles. The Morgan fingerprint density at radius 3 is 1.20 bits per heavy atom. The summed E-state index contributed by atoms with van der Waals surface area (Å²) in [6.07, 6.45) is 3.57. The second-order valence-corrected chi connectivity index (χ2v) is 3.94. The molecule has 62 valence electrons. The van der Waals surface area contributed by atoms with Crippen molar-refractivity contribution in [3.63, 3.8) is 0 Å². The summed E-state index contributed by atoms with van der Waals surface area (Å²) in [6.45, 7) is 3.65. The van der Waals surface area contributed by atoms with Gasteiger partial charge in [-0.1, -0.05) is 0 Å². The van der Waals surface area contributed by atoms with Crippen LogP contribution in [0.4, 0.5) is 0 Å². The van der Waals surface area contributed by atoms with E-state index in [0.29, 0.717) is 0 Å². The van der Waals surface area contributed by atoms with Crippen molar-refractivity contribution in [3.05, 3.63) is 0 Å². The molecule has 4 heteroatoms. The molecule has 0 aliphatic carbocycles. The van der Waals surface area contributed by atoms with Gasteiger partial charge in [-0.2, -0.15) is 0 Å². The first-order valence-electron chi connectivity index (χ1n) is 3.67. The molecule has 0 aliphatic heterocycles. The summed E-state index contributed by atoms with van der Waals surface area (Å²) in [4.78, 5) is 2.48. The van der Waals surface area contributed by atoms with E-state index in [2.05, 4.69) is 32.6 Å². The lowest BCUT2D eigenvalue weighted by Crippen LogP contribution is -2.29. The first-order valence-corrected chi connectivity index (χ1v) is 6.12. The standard InChI is InChI=1S/C6H18NP3/c8-4-1-7(2-5-9)3-6-10/h1-6,8-10H2. The molecule has 0 saturated carbocycles. The molecule has 0 saturated heterocycles. The maximum atomic E-state index is 2.77. The van der Waals surface area contributed by atoms with E-state index in [1.165, 1.54) is 38.1 Å². The number of hydrogen-bond acceptors (Lipinski definition) is 1. The fourth-order valence-corrected chi connectivity index (χ4v) is 1.98. The van der Waals surface area contributed by atoms with Crippen molar-refractivity contribution < 1.29 is 0 Å². The van der Waals surface area contributed by atoms with Gasteiger partial charge in [0.2, 0.25) is 0 Å². The van der Waals surface area contributed by atoms with Gasteiger partial charge in [-0.05, 0) is 18.5 Å². The maximum Gasteiger partial charge on any atom is 0.00162 e. The van der Waals surface area contributed by atoms with E-state index in [9.17, 15) is 0 Å². The molecule has 0 aromatic rings. The molecule has 0 aliphatic rings. The van der Waals surface area contributed by atoms with Crippen LogP contribution < -0.4 is 0 Å². The minimum Gasteiger partial charge on any atom is -0.302 e. The molecule has 3 unspecified atom stereocenters. The van der Waals surface area contributed by atoms with Crippen LogP contribution in [-0.4, -0.2) is 43.0 Å². The second kappa shape index (κ2) is 8.35. The number of hydrogen-bond donors (Lipinski definition) is 0. The van der Waals surface area contributed by atoms with Crippen LogP contribution in [0, 0.1) is 0 Å². The highest BCUT2D eigenvalue weighted by Gasteiger charge is 1.98. The molecule has 0 aromatic carbocycles. The third kappa shape index (κ3) is 5.99. The topological polar surface area (TPSA) is 3.24 Å². The van der Waals surface area contributed by atoms with Gasteiger partial charge < -0.3 is 4.90 Å². The van der Waals surface area contributed by atoms with E-state index in [1.54, 1.807) is 0 Å². The van der Waals surface area contributed by atoms with Crippen LogP contribution in [-0.2, 0) is 0 Å². The van der Waals surface area contributed by atoms with E-state index in [1.807, 2.05) is 0 Å². The Bertz CT molecular complexity index is 55.7.